The first kappa shape index (κ1) is 40.6. The molecule has 0 fully saturated rings. The first-order valence-corrected chi connectivity index (χ1v) is 16.4. The van der Waals surface area contributed by atoms with Crippen molar-refractivity contribution in [3.05, 3.63) is 62.7 Å². The van der Waals surface area contributed by atoms with E-state index < -0.39 is 72.9 Å². The van der Waals surface area contributed by atoms with Gasteiger partial charge in [0.1, 0.15) is 24.7 Å². The Morgan fingerprint density at radius 2 is 1.70 bits per heavy atom. The molecule has 0 spiro atoms. The molecule has 2 rings (SSSR count). The van der Waals surface area contributed by atoms with E-state index in [9.17, 15) is 47.1 Å². The van der Waals surface area contributed by atoms with E-state index in [0.717, 1.165) is 30.3 Å². The Kier molecular flexibility index (Phi) is 17.6. The maximum atomic E-state index is 12.7. The van der Waals surface area contributed by atoms with Crippen LogP contribution in [-0.4, -0.2) is 77.6 Å². The van der Waals surface area contributed by atoms with Gasteiger partial charge in [0.2, 0.25) is 0 Å². The summed E-state index contributed by atoms with van der Waals surface area (Å²) in [7, 11) is -3.71. The number of alkyl halides is 3. The molecule has 44 heavy (non-hydrogen) atoms. The number of carbonyl (C=O) groups excluding carboxylic acids is 2. The van der Waals surface area contributed by atoms with Crippen LogP contribution < -0.4 is 14.9 Å². The number of halogens is 4. The van der Waals surface area contributed by atoms with Crippen molar-refractivity contribution in [3.8, 4) is 11.5 Å². The standard InChI is InChI=1S/C18H13ClF3NO7.C3H8NO5P.C3H9S/c1-2-28-16(24)9-29-17(25)12-8-11(4-5-14(12)23(26)27)30-15-6-3-10(7-13(15)19)18(20,21)22;5-3(6)1-4-2-10(7,8)9;1-4(2)3/h3-8H,2,9H2,1H3;4H,1-2H2,(H,5,6)(H2,7,8,9);1-3H3/q;;+1/p-1. The number of esters is 2. The van der Waals surface area contributed by atoms with E-state index in [-0.39, 0.29) is 23.1 Å². The summed E-state index contributed by atoms with van der Waals surface area (Å²) >= 11 is 5.81. The van der Waals surface area contributed by atoms with Crippen LogP contribution in [0.5, 0.6) is 11.5 Å². The Labute approximate surface area is 257 Å². The molecule has 2 aromatic carbocycles. The Bertz CT molecular complexity index is 1340. The van der Waals surface area contributed by atoms with E-state index in [1.165, 1.54) is 6.92 Å². The number of carboxylic acid groups (broad SMARTS) is 1. The van der Waals surface area contributed by atoms with Crippen LogP contribution in [0.1, 0.15) is 22.8 Å². The number of nitro groups is 1. The predicted molar refractivity (Wildman–Crippen MR) is 152 cm³/mol. The van der Waals surface area contributed by atoms with E-state index in [2.05, 4.69) is 23.5 Å². The normalized spacial score (nSPS) is 12.0. The summed E-state index contributed by atoms with van der Waals surface area (Å²) in [5, 5.41) is 20.8. The van der Waals surface area contributed by atoms with Crippen LogP contribution in [0.4, 0.5) is 18.9 Å². The molecular formula is C24H29ClF3N2O12PS. The van der Waals surface area contributed by atoms with Crippen LogP contribution in [0.2, 0.25) is 5.02 Å². The van der Waals surface area contributed by atoms with Crippen molar-refractivity contribution in [2.45, 2.75) is 13.1 Å². The third-order valence-corrected chi connectivity index (χ3v) is 5.00. The number of ether oxygens (including phenoxy) is 3. The molecule has 1 atom stereocenters. The first-order valence-electron chi connectivity index (χ1n) is 11.8. The number of aliphatic carboxylic acids is 1. The molecular weight excluding hydrogens is 664 g/mol. The minimum Gasteiger partial charge on any atom is -0.778 e. The second-order valence-corrected chi connectivity index (χ2v) is 12.9. The lowest BCUT2D eigenvalue weighted by molar-refractivity contribution is -0.385. The molecule has 246 valence electrons. The van der Waals surface area contributed by atoms with Gasteiger partial charge in [-0.2, -0.15) is 13.2 Å². The van der Waals surface area contributed by atoms with Gasteiger partial charge in [0.25, 0.3) is 5.69 Å². The quantitative estimate of drug-likeness (QED) is 0.101. The average Bonchev–Trinajstić information content (AvgIpc) is 2.87. The van der Waals surface area contributed by atoms with Gasteiger partial charge >= 0.3 is 24.1 Å². The number of hydrogen-bond acceptors (Lipinski definition) is 11. The number of carbonyl (C=O) groups is 3. The third kappa shape index (κ3) is 17.6. The van der Waals surface area contributed by atoms with Gasteiger partial charge in [-0.25, -0.2) is 9.59 Å². The lowest BCUT2D eigenvalue weighted by Gasteiger charge is -2.14. The summed E-state index contributed by atoms with van der Waals surface area (Å²) in [4.78, 5) is 61.5. The molecule has 0 bridgehead atoms. The summed E-state index contributed by atoms with van der Waals surface area (Å²) in [6, 6.07) is 5.35. The second-order valence-electron chi connectivity index (χ2n) is 8.40. The van der Waals surface area contributed by atoms with Crippen molar-refractivity contribution < 1.29 is 66.1 Å². The van der Waals surface area contributed by atoms with Crippen LogP contribution in [0.25, 0.3) is 0 Å². The van der Waals surface area contributed by atoms with Gasteiger partial charge < -0.3 is 33.7 Å². The minimum absolute atomic E-state index is 0.0493. The number of rotatable bonds is 11. The SMILES string of the molecule is CCOC(=O)COC(=O)c1cc(Oc2ccc(C(F)(F)F)cc2Cl)ccc1[N+](=O)[O-].C[S+](C)C.O=C(O)CNCP(=O)([O-])O. The highest BCUT2D eigenvalue weighted by Crippen LogP contribution is 2.37. The van der Waals surface area contributed by atoms with Gasteiger partial charge in [-0.05, 0) is 42.1 Å². The highest BCUT2D eigenvalue weighted by Gasteiger charge is 2.31. The van der Waals surface area contributed by atoms with Gasteiger partial charge in [0, 0.05) is 12.1 Å². The minimum atomic E-state index is -4.61. The number of nitrogens with one attached hydrogen (secondary N) is 1. The zero-order valence-electron chi connectivity index (χ0n) is 23.6. The zero-order chi connectivity index (χ0) is 34.3. The van der Waals surface area contributed by atoms with Gasteiger partial charge in [0.05, 0.1) is 53.7 Å². The van der Waals surface area contributed by atoms with Gasteiger partial charge in [-0.3, -0.25) is 20.2 Å². The molecule has 20 heteroatoms. The predicted octanol–water partition coefficient (Wildman–Crippen LogP) is 3.44. The maximum absolute atomic E-state index is 12.7. The fraction of sp³-hybridized carbons (Fsp3) is 0.375. The smallest absolute Gasteiger partial charge is 0.416 e. The molecule has 14 nitrogen and oxygen atoms in total. The van der Waals surface area contributed by atoms with Gasteiger partial charge in [0.15, 0.2) is 6.61 Å². The van der Waals surface area contributed by atoms with Gasteiger partial charge in [-0.15, -0.1) is 0 Å². The first-order chi connectivity index (χ1) is 20.2. The van der Waals surface area contributed by atoms with Crippen molar-refractivity contribution in [1.29, 1.82) is 0 Å². The summed E-state index contributed by atoms with van der Waals surface area (Å²) in [5.74, 6) is -3.53. The molecule has 0 amide bonds. The molecule has 0 saturated carbocycles. The Hall–Kier alpha value is -3.41. The number of carboxylic acids is 1. The Morgan fingerprint density at radius 3 is 2.16 bits per heavy atom. The van der Waals surface area contributed by atoms with E-state index in [1.54, 1.807) is 0 Å². The number of nitro benzene ring substituents is 1. The van der Waals surface area contributed by atoms with Crippen LogP contribution in [0.3, 0.4) is 0 Å². The lowest BCUT2D eigenvalue weighted by atomic mass is 10.1. The number of nitrogens with zero attached hydrogens (tertiary/aromatic N) is 1. The monoisotopic (exact) mass is 692 g/mol. The van der Waals surface area contributed by atoms with Crippen molar-refractivity contribution >= 4 is 53.7 Å². The van der Waals surface area contributed by atoms with Crippen molar-refractivity contribution in [2.75, 3.05) is 44.8 Å². The molecule has 0 saturated heterocycles. The molecule has 1 unspecified atom stereocenters. The van der Waals surface area contributed by atoms with Crippen LogP contribution in [0, 0.1) is 10.1 Å². The topological polar surface area (TPSA) is 215 Å². The lowest BCUT2D eigenvalue weighted by Crippen LogP contribution is -2.25. The summed E-state index contributed by atoms with van der Waals surface area (Å²) in [6.45, 7) is 0.345. The van der Waals surface area contributed by atoms with Crippen LogP contribution in [0.15, 0.2) is 36.4 Å². The maximum Gasteiger partial charge on any atom is 0.416 e. The van der Waals surface area contributed by atoms with Crippen LogP contribution in [-0.2, 0) is 40.7 Å². The average molecular weight is 693 g/mol. The number of benzene rings is 2. The highest BCUT2D eigenvalue weighted by atomic mass is 35.5. The fourth-order valence-corrected chi connectivity index (χ4v) is 3.11. The molecule has 0 radical (unpaired) electrons. The molecule has 0 aromatic heterocycles. The Morgan fingerprint density at radius 1 is 1.11 bits per heavy atom. The van der Waals surface area contributed by atoms with E-state index in [1.807, 2.05) is 5.32 Å². The Balaban J connectivity index is 0.00000110. The molecule has 0 aliphatic carbocycles. The highest BCUT2D eigenvalue weighted by molar-refractivity contribution is 7.94. The second kappa shape index (κ2) is 19.1. The van der Waals surface area contributed by atoms with Crippen LogP contribution >= 0.6 is 19.2 Å². The largest absolute Gasteiger partial charge is 0.778 e. The fourth-order valence-electron chi connectivity index (χ4n) is 2.50. The molecule has 2 aromatic rings. The third-order valence-electron chi connectivity index (χ3n) is 4.09. The van der Waals surface area contributed by atoms with Crippen molar-refractivity contribution in [2.24, 2.45) is 0 Å². The summed E-state index contributed by atoms with van der Waals surface area (Å²) in [5.41, 5.74) is -2.16. The summed E-state index contributed by atoms with van der Waals surface area (Å²) in [6.07, 6.45) is 1.27. The van der Waals surface area contributed by atoms with Crippen molar-refractivity contribution in [1.82, 2.24) is 5.32 Å². The van der Waals surface area contributed by atoms with E-state index in [0.29, 0.717) is 17.0 Å². The molecule has 0 aliphatic rings. The van der Waals surface area contributed by atoms with Gasteiger partial charge in [-0.1, -0.05) is 11.6 Å². The summed E-state index contributed by atoms with van der Waals surface area (Å²) < 4.78 is 62.7. The van der Waals surface area contributed by atoms with E-state index in [4.69, 9.17) is 31.1 Å². The zero-order valence-corrected chi connectivity index (χ0v) is 26.1. The number of hydrogen-bond donors (Lipinski definition) is 3. The van der Waals surface area contributed by atoms with E-state index >= 15 is 0 Å². The molecule has 3 N–H and O–H groups in total. The molecule has 0 heterocycles. The molecule has 0 aliphatic heterocycles. The van der Waals surface area contributed by atoms with Crippen molar-refractivity contribution in [3.63, 3.8) is 0 Å².